The summed E-state index contributed by atoms with van der Waals surface area (Å²) in [5, 5.41) is 2.88. The summed E-state index contributed by atoms with van der Waals surface area (Å²) in [7, 11) is 0. The van der Waals surface area contributed by atoms with E-state index in [0.29, 0.717) is 12.1 Å². The Balaban J connectivity index is 0.00000242. The molecule has 0 aliphatic heterocycles. The Labute approximate surface area is 137 Å². The highest BCUT2D eigenvalue weighted by Crippen LogP contribution is 2.12. The number of nitrogens with zero attached hydrogens (tertiary/aromatic N) is 1. The molecule has 4 nitrogen and oxygen atoms in total. The van der Waals surface area contributed by atoms with Crippen molar-refractivity contribution in [3.63, 3.8) is 0 Å². The SMILES string of the molecule is CCCCOc1ccc(CNC(=O)c2ccncc2)cc1.Cl. The Morgan fingerprint density at radius 2 is 1.82 bits per heavy atom. The van der Waals surface area contributed by atoms with Crippen molar-refractivity contribution in [1.82, 2.24) is 10.3 Å². The summed E-state index contributed by atoms with van der Waals surface area (Å²) in [6.07, 6.45) is 5.40. The number of hydrogen-bond acceptors (Lipinski definition) is 3. The number of pyridine rings is 1. The van der Waals surface area contributed by atoms with Crippen LogP contribution in [0.4, 0.5) is 0 Å². The zero-order valence-electron chi connectivity index (χ0n) is 12.6. The predicted molar refractivity (Wildman–Crippen MR) is 89.5 cm³/mol. The van der Waals surface area contributed by atoms with Crippen molar-refractivity contribution in [1.29, 1.82) is 0 Å². The molecule has 1 amide bonds. The van der Waals surface area contributed by atoms with Gasteiger partial charge in [-0.15, -0.1) is 12.4 Å². The first-order valence-electron chi connectivity index (χ1n) is 7.19. The molecule has 0 spiro atoms. The van der Waals surface area contributed by atoms with Crippen molar-refractivity contribution >= 4 is 18.3 Å². The summed E-state index contributed by atoms with van der Waals surface area (Å²) >= 11 is 0. The molecule has 5 heteroatoms. The molecule has 0 atom stereocenters. The summed E-state index contributed by atoms with van der Waals surface area (Å²) < 4.78 is 5.60. The van der Waals surface area contributed by atoms with Crippen LogP contribution >= 0.6 is 12.4 Å². The molecule has 2 rings (SSSR count). The lowest BCUT2D eigenvalue weighted by atomic mass is 10.2. The highest BCUT2D eigenvalue weighted by atomic mass is 35.5. The van der Waals surface area contributed by atoms with E-state index in [0.717, 1.165) is 30.8 Å². The molecule has 0 unspecified atom stereocenters. The molecule has 2 aromatic rings. The van der Waals surface area contributed by atoms with Gasteiger partial charge in [0.25, 0.3) is 5.91 Å². The van der Waals surface area contributed by atoms with Gasteiger partial charge in [0, 0.05) is 24.5 Å². The second-order valence-electron chi connectivity index (χ2n) is 4.76. The topological polar surface area (TPSA) is 51.2 Å². The van der Waals surface area contributed by atoms with Gasteiger partial charge in [0.05, 0.1) is 6.61 Å². The Morgan fingerprint density at radius 3 is 2.45 bits per heavy atom. The van der Waals surface area contributed by atoms with E-state index >= 15 is 0 Å². The Bertz CT molecular complexity index is 559. The van der Waals surface area contributed by atoms with E-state index in [2.05, 4.69) is 17.2 Å². The maximum absolute atomic E-state index is 11.9. The van der Waals surface area contributed by atoms with Crippen molar-refractivity contribution in [3.8, 4) is 5.75 Å². The molecule has 0 fully saturated rings. The lowest BCUT2D eigenvalue weighted by Gasteiger charge is -2.08. The summed E-state index contributed by atoms with van der Waals surface area (Å²) in [4.78, 5) is 15.8. The normalized spacial score (nSPS) is 9.68. The lowest BCUT2D eigenvalue weighted by molar-refractivity contribution is 0.0951. The number of carbonyl (C=O) groups excluding carboxylic acids is 1. The minimum atomic E-state index is -0.0966. The standard InChI is InChI=1S/C17H20N2O2.ClH/c1-2-3-12-21-16-6-4-14(5-7-16)13-19-17(20)15-8-10-18-11-9-15;/h4-11H,2-3,12-13H2,1H3,(H,19,20);1H. The number of halogens is 1. The third kappa shape index (κ3) is 5.74. The van der Waals surface area contributed by atoms with Crippen LogP contribution in [0.15, 0.2) is 48.8 Å². The van der Waals surface area contributed by atoms with Crippen LogP contribution in [0.25, 0.3) is 0 Å². The number of hydrogen-bond donors (Lipinski definition) is 1. The molecule has 0 saturated heterocycles. The molecule has 1 aromatic carbocycles. The van der Waals surface area contributed by atoms with E-state index in [1.54, 1.807) is 24.5 Å². The first-order valence-corrected chi connectivity index (χ1v) is 7.19. The molecule has 1 heterocycles. The fraction of sp³-hybridized carbons (Fsp3) is 0.294. The molecule has 0 aliphatic rings. The van der Waals surface area contributed by atoms with E-state index in [9.17, 15) is 4.79 Å². The maximum Gasteiger partial charge on any atom is 0.251 e. The number of unbranched alkanes of at least 4 members (excludes halogenated alkanes) is 1. The molecule has 1 aromatic heterocycles. The van der Waals surface area contributed by atoms with Crippen LogP contribution in [0.5, 0.6) is 5.75 Å². The number of carbonyl (C=O) groups is 1. The molecule has 0 bridgehead atoms. The molecule has 1 N–H and O–H groups in total. The van der Waals surface area contributed by atoms with Crippen LogP contribution in [-0.2, 0) is 6.54 Å². The predicted octanol–water partition coefficient (Wildman–Crippen LogP) is 3.61. The molecule has 0 radical (unpaired) electrons. The number of nitrogens with one attached hydrogen (secondary N) is 1. The van der Waals surface area contributed by atoms with E-state index in [4.69, 9.17) is 4.74 Å². The first-order chi connectivity index (χ1) is 10.3. The van der Waals surface area contributed by atoms with Crippen molar-refractivity contribution < 1.29 is 9.53 Å². The zero-order valence-corrected chi connectivity index (χ0v) is 13.4. The van der Waals surface area contributed by atoms with Crippen LogP contribution in [0.3, 0.4) is 0 Å². The van der Waals surface area contributed by atoms with Gasteiger partial charge in [-0.1, -0.05) is 25.5 Å². The zero-order chi connectivity index (χ0) is 14.9. The van der Waals surface area contributed by atoms with E-state index in [1.165, 1.54) is 0 Å². The van der Waals surface area contributed by atoms with Gasteiger partial charge in [0.1, 0.15) is 5.75 Å². The lowest BCUT2D eigenvalue weighted by Crippen LogP contribution is -2.22. The molecule has 22 heavy (non-hydrogen) atoms. The van der Waals surface area contributed by atoms with Gasteiger partial charge in [0.15, 0.2) is 0 Å². The fourth-order valence-electron chi connectivity index (χ4n) is 1.83. The average molecular weight is 321 g/mol. The average Bonchev–Trinajstić information content (AvgIpc) is 2.55. The summed E-state index contributed by atoms with van der Waals surface area (Å²) in [5.74, 6) is 0.772. The summed E-state index contributed by atoms with van der Waals surface area (Å²) in [6.45, 7) is 3.38. The number of benzene rings is 1. The van der Waals surface area contributed by atoms with E-state index < -0.39 is 0 Å². The Hall–Kier alpha value is -2.07. The largest absolute Gasteiger partial charge is 0.494 e. The summed E-state index contributed by atoms with van der Waals surface area (Å²) in [5.41, 5.74) is 1.66. The minimum Gasteiger partial charge on any atom is -0.494 e. The van der Waals surface area contributed by atoms with Gasteiger partial charge in [-0.05, 0) is 36.2 Å². The molecule has 118 valence electrons. The monoisotopic (exact) mass is 320 g/mol. The van der Waals surface area contributed by atoms with Crippen molar-refractivity contribution in [2.75, 3.05) is 6.61 Å². The van der Waals surface area contributed by atoms with Crippen molar-refractivity contribution in [2.24, 2.45) is 0 Å². The highest BCUT2D eigenvalue weighted by molar-refractivity contribution is 5.93. The van der Waals surface area contributed by atoms with Crippen LogP contribution in [-0.4, -0.2) is 17.5 Å². The number of ether oxygens (including phenoxy) is 1. The maximum atomic E-state index is 11.9. The first kappa shape index (κ1) is 18.0. The highest BCUT2D eigenvalue weighted by Gasteiger charge is 2.04. The summed E-state index contributed by atoms with van der Waals surface area (Å²) in [6, 6.07) is 11.2. The van der Waals surface area contributed by atoms with Gasteiger partial charge in [0.2, 0.25) is 0 Å². The number of rotatable bonds is 7. The van der Waals surface area contributed by atoms with Gasteiger partial charge >= 0.3 is 0 Å². The van der Waals surface area contributed by atoms with Crippen LogP contribution in [0.2, 0.25) is 0 Å². The Morgan fingerprint density at radius 1 is 1.14 bits per heavy atom. The van der Waals surface area contributed by atoms with Crippen LogP contribution < -0.4 is 10.1 Å². The molecular formula is C17H21ClN2O2. The number of aromatic nitrogens is 1. The third-order valence-corrected chi connectivity index (χ3v) is 3.09. The number of amides is 1. The van der Waals surface area contributed by atoms with E-state index in [-0.39, 0.29) is 18.3 Å². The fourth-order valence-corrected chi connectivity index (χ4v) is 1.83. The van der Waals surface area contributed by atoms with Crippen LogP contribution in [0, 0.1) is 0 Å². The van der Waals surface area contributed by atoms with Crippen molar-refractivity contribution in [2.45, 2.75) is 26.3 Å². The van der Waals surface area contributed by atoms with Crippen LogP contribution in [0.1, 0.15) is 35.7 Å². The van der Waals surface area contributed by atoms with Gasteiger partial charge in [-0.3, -0.25) is 9.78 Å². The van der Waals surface area contributed by atoms with Crippen molar-refractivity contribution in [3.05, 3.63) is 59.9 Å². The Kier molecular flexibility index (Phi) is 8.00. The molecule has 0 saturated carbocycles. The molecule has 0 aliphatic carbocycles. The molecular weight excluding hydrogens is 300 g/mol. The quantitative estimate of drug-likeness (QED) is 0.793. The smallest absolute Gasteiger partial charge is 0.251 e. The third-order valence-electron chi connectivity index (χ3n) is 3.09. The second-order valence-corrected chi connectivity index (χ2v) is 4.76. The second kappa shape index (κ2) is 9.79. The van der Waals surface area contributed by atoms with Gasteiger partial charge in [-0.2, -0.15) is 0 Å². The van der Waals surface area contributed by atoms with Gasteiger partial charge < -0.3 is 10.1 Å². The minimum absolute atomic E-state index is 0. The van der Waals surface area contributed by atoms with E-state index in [1.807, 2.05) is 24.3 Å². The van der Waals surface area contributed by atoms with Gasteiger partial charge in [-0.25, -0.2) is 0 Å².